The lowest BCUT2D eigenvalue weighted by Gasteiger charge is -2.14. The van der Waals surface area contributed by atoms with Crippen LogP contribution in [0.1, 0.15) is 78.1 Å². The zero-order chi connectivity index (χ0) is 29.2. The minimum atomic E-state index is -0.370. The largest absolute Gasteiger partial charge is 0.493 e. The second-order valence-corrected chi connectivity index (χ2v) is 11.2. The number of carbonyl (C=O) groups is 1. The molecule has 8 heteroatoms. The molecule has 0 saturated carbocycles. The van der Waals surface area contributed by atoms with Gasteiger partial charge in [0, 0.05) is 42.4 Å². The predicted octanol–water partition coefficient (Wildman–Crippen LogP) is 6.73. The van der Waals surface area contributed by atoms with E-state index in [9.17, 15) is 4.79 Å². The Labute approximate surface area is 246 Å². The fourth-order valence-corrected chi connectivity index (χ4v) is 6.85. The van der Waals surface area contributed by atoms with Crippen LogP contribution in [0.3, 0.4) is 0 Å². The molecule has 3 heterocycles. The van der Waals surface area contributed by atoms with Crippen LogP contribution in [-0.2, 0) is 55.4 Å². The minimum absolute atomic E-state index is 0.268. The SMILES string of the molecule is CCOC(=O)c1c(CCCOc2cccc3c2CCC3)c2ccc(F)c3c2n1CCCCOCc1nn(C)c(CC)c1-3. The number of ether oxygens (including phenoxy) is 3. The summed E-state index contributed by atoms with van der Waals surface area (Å²) in [5.74, 6) is 0.271. The first-order chi connectivity index (χ1) is 20.5. The van der Waals surface area contributed by atoms with Crippen LogP contribution in [0.5, 0.6) is 5.75 Å². The number of aryl methyl sites for hydroxylation is 4. The average molecular weight is 574 g/mol. The molecule has 42 heavy (non-hydrogen) atoms. The van der Waals surface area contributed by atoms with Crippen LogP contribution in [0, 0.1) is 5.82 Å². The molecule has 0 saturated heterocycles. The number of benzene rings is 2. The van der Waals surface area contributed by atoms with E-state index in [0.717, 1.165) is 64.9 Å². The van der Waals surface area contributed by atoms with Crippen molar-refractivity contribution in [3.8, 4) is 16.9 Å². The number of aromatic nitrogens is 3. The summed E-state index contributed by atoms with van der Waals surface area (Å²) in [5, 5.41) is 5.62. The van der Waals surface area contributed by atoms with Crippen molar-refractivity contribution in [1.29, 1.82) is 0 Å². The van der Waals surface area contributed by atoms with Crippen LogP contribution in [0.15, 0.2) is 30.3 Å². The Morgan fingerprint density at radius 1 is 1.10 bits per heavy atom. The maximum absolute atomic E-state index is 16.1. The molecule has 1 aliphatic heterocycles. The number of nitrogens with zero attached hydrogens (tertiary/aromatic N) is 3. The standard InChI is InChI=1S/C34H40FN3O4/c1-4-28-31-27(36-37(28)3)21-40-19-7-6-18-38-32-25(16-17-26(35)30(31)32)24(33(38)34(39)41-5-2)14-10-20-42-29-15-9-12-22-11-8-13-23(22)29/h9,12,15-17H,4-8,10-11,13-14,18-21H2,1-3H3. The van der Waals surface area contributed by atoms with E-state index >= 15 is 4.39 Å². The van der Waals surface area contributed by atoms with Gasteiger partial charge < -0.3 is 18.8 Å². The van der Waals surface area contributed by atoms with E-state index in [4.69, 9.17) is 19.3 Å². The molecule has 0 N–H and O–H groups in total. The highest BCUT2D eigenvalue weighted by molar-refractivity contribution is 6.05. The highest BCUT2D eigenvalue weighted by Crippen LogP contribution is 2.41. The van der Waals surface area contributed by atoms with E-state index < -0.39 is 0 Å². The van der Waals surface area contributed by atoms with Crippen molar-refractivity contribution < 1.29 is 23.4 Å². The lowest BCUT2D eigenvalue weighted by atomic mass is 9.96. The maximum atomic E-state index is 16.1. The molecule has 222 valence electrons. The fraction of sp³-hybridized carbons (Fsp3) is 0.471. The Balaban J connectivity index is 1.46. The number of esters is 1. The highest BCUT2D eigenvalue weighted by Gasteiger charge is 2.30. The van der Waals surface area contributed by atoms with Gasteiger partial charge in [0.15, 0.2) is 0 Å². The molecule has 0 atom stereocenters. The zero-order valence-corrected chi connectivity index (χ0v) is 24.9. The van der Waals surface area contributed by atoms with Crippen LogP contribution in [-0.4, -0.2) is 40.1 Å². The van der Waals surface area contributed by atoms with E-state index in [-0.39, 0.29) is 18.4 Å². The summed E-state index contributed by atoms with van der Waals surface area (Å²) in [6, 6.07) is 9.67. The van der Waals surface area contributed by atoms with E-state index in [2.05, 4.69) is 25.1 Å². The van der Waals surface area contributed by atoms with Crippen LogP contribution >= 0.6 is 0 Å². The molecular weight excluding hydrogens is 533 g/mol. The van der Waals surface area contributed by atoms with Crippen molar-refractivity contribution in [3.05, 3.63) is 69.9 Å². The molecule has 2 aromatic carbocycles. The van der Waals surface area contributed by atoms with Crippen molar-refractivity contribution in [2.75, 3.05) is 19.8 Å². The summed E-state index contributed by atoms with van der Waals surface area (Å²) in [6.07, 6.45) is 6.96. The molecule has 0 unspecified atom stereocenters. The maximum Gasteiger partial charge on any atom is 0.355 e. The molecule has 0 fully saturated rings. The summed E-state index contributed by atoms with van der Waals surface area (Å²) in [7, 11) is 1.90. The number of halogens is 1. The van der Waals surface area contributed by atoms with Crippen LogP contribution in [0.25, 0.3) is 22.0 Å². The fourth-order valence-electron chi connectivity index (χ4n) is 6.85. The van der Waals surface area contributed by atoms with Crippen molar-refractivity contribution in [2.24, 2.45) is 7.05 Å². The van der Waals surface area contributed by atoms with Gasteiger partial charge in [-0.15, -0.1) is 0 Å². The highest BCUT2D eigenvalue weighted by atomic mass is 19.1. The first kappa shape index (κ1) is 28.5. The van der Waals surface area contributed by atoms with Gasteiger partial charge in [0.1, 0.15) is 17.3 Å². The van der Waals surface area contributed by atoms with Crippen molar-refractivity contribution in [1.82, 2.24) is 14.3 Å². The molecular formula is C34H40FN3O4. The predicted molar refractivity (Wildman–Crippen MR) is 161 cm³/mol. The second-order valence-electron chi connectivity index (χ2n) is 11.2. The van der Waals surface area contributed by atoms with Gasteiger partial charge >= 0.3 is 5.97 Å². The van der Waals surface area contributed by atoms with Crippen LogP contribution in [0.4, 0.5) is 4.39 Å². The summed E-state index contributed by atoms with van der Waals surface area (Å²) >= 11 is 0. The average Bonchev–Trinajstić information content (AvgIpc) is 3.66. The molecule has 0 amide bonds. The number of hydrogen-bond acceptors (Lipinski definition) is 5. The Bertz CT molecular complexity index is 1620. The Morgan fingerprint density at radius 2 is 1.98 bits per heavy atom. The Hall–Kier alpha value is -3.65. The Kier molecular flexibility index (Phi) is 8.34. The normalized spacial score (nSPS) is 14.9. The van der Waals surface area contributed by atoms with Gasteiger partial charge in [-0.2, -0.15) is 5.10 Å². The molecule has 2 aliphatic rings. The summed E-state index contributed by atoms with van der Waals surface area (Å²) in [5.41, 5.74) is 7.78. The van der Waals surface area contributed by atoms with Crippen molar-refractivity contribution in [3.63, 3.8) is 0 Å². The third kappa shape index (κ3) is 5.10. The number of rotatable bonds is 8. The Morgan fingerprint density at radius 3 is 2.81 bits per heavy atom. The monoisotopic (exact) mass is 573 g/mol. The quantitative estimate of drug-likeness (QED) is 0.173. The summed E-state index contributed by atoms with van der Waals surface area (Å²) in [4.78, 5) is 13.6. The second kappa shape index (κ2) is 12.3. The minimum Gasteiger partial charge on any atom is -0.493 e. The molecule has 4 aromatic rings. The van der Waals surface area contributed by atoms with E-state index in [1.807, 2.05) is 29.3 Å². The topological polar surface area (TPSA) is 67.5 Å². The van der Waals surface area contributed by atoms with Crippen molar-refractivity contribution >= 4 is 16.9 Å². The molecule has 2 aromatic heterocycles. The summed E-state index contributed by atoms with van der Waals surface area (Å²) < 4.78 is 37.7. The molecule has 0 radical (unpaired) electrons. The van der Waals surface area contributed by atoms with E-state index in [1.165, 1.54) is 23.6 Å². The van der Waals surface area contributed by atoms with Gasteiger partial charge in [0.05, 0.1) is 31.0 Å². The third-order valence-electron chi connectivity index (χ3n) is 8.66. The van der Waals surface area contributed by atoms with E-state index in [0.29, 0.717) is 56.9 Å². The molecule has 0 bridgehead atoms. The lowest BCUT2D eigenvalue weighted by Crippen LogP contribution is -2.15. The number of carbonyl (C=O) groups excluding carboxylic acids is 1. The van der Waals surface area contributed by atoms with Gasteiger partial charge in [0.2, 0.25) is 0 Å². The van der Waals surface area contributed by atoms with Gasteiger partial charge in [-0.1, -0.05) is 19.1 Å². The third-order valence-corrected chi connectivity index (χ3v) is 8.66. The molecule has 0 spiro atoms. The van der Waals surface area contributed by atoms with Gasteiger partial charge in [-0.05, 0) is 93.2 Å². The van der Waals surface area contributed by atoms with Crippen LogP contribution in [0.2, 0.25) is 0 Å². The van der Waals surface area contributed by atoms with Crippen LogP contribution < -0.4 is 4.74 Å². The smallest absolute Gasteiger partial charge is 0.355 e. The van der Waals surface area contributed by atoms with Gasteiger partial charge in [0.25, 0.3) is 0 Å². The lowest BCUT2D eigenvalue weighted by molar-refractivity contribution is 0.0512. The molecule has 1 aliphatic carbocycles. The van der Waals surface area contributed by atoms with Gasteiger partial charge in [-0.3, -0.25) is 4.68 Å². The van der Waals surface area contributed by atoms with Gasteiger partial charge in [-0.25, -0.2) is 9.18 Å². The first-order valence-corrected chi connectivity index (χ1v) is 15.4. The first-order valence-electron chi connectivity index (χ1n) is 15.4. The zero-order valence-electron chi connectivity index (χ0n) is 24.9. The number of hydrogen-bond donors (Lipinski definition) is 0. The van der Waals surface area contributed by atoms with Crippen molar-refractivity contribution in [2.45, 2.75) is 78.4 Å². The molecule has 6 rings (SSSR count). The van der Waals surface area contributed by atoms with E-state index in [1.54, 1.807) is 0 Å². The number of fused-ring (bicyclic) bond motifs is 3. The summed E-state index contributed by atoms with van der Waals surface area (Å²) in [6.45, 7) is 6.12. The molecule has 7 nitrogen and oxygen atoms in total.